The van der Waals surface area contributed by atoms with Crippen LogP contribution in [0.25, 0.3) is 0 Å². The van der Waals surface area contributed by atoms with Gasteiger partial charge in [-0.25, -0.2) is 9.89 Å². The van der Waals surface area contributed by atoms with Gasteiger partial charge in [0.25, 0.3) is 11.5 Å². The summed E-state index contributed by atoms with van der Waals surface area (Å²) in [5, 5.41) is 28.9. The topological polar surface area (TPSA) is 173 Å². The van der Waals surface area contributed by atoms with Gasteiger partial charge in [0.1, 0.15) is 11.8 Å². The minimum absolute atomic E-state index is 0.0355. The Bertz CT molecular complexity index is 1220. The van der Waals surface area contributed by atoms with Crippen molar-refractivity contribution in [2.45, 2.75) is 13.8 Å². The quantitative estimate of drug-likeness (QED) is 0.348. The Morgan fingerprint density at radius 3 is 2.48 bits per heavy atom. The monoisotopic (exact) mass is 493 g/mol. The van der Waals surface area contributed by atoms with E-state index in [9.17, 15) is 14.4 Å². The average Bonchev–Trinajstić information content (AvgIpc) is 2.70. The number of carbonyl (C=O) groups excluding carboxylic acids is 1. The molecule has 1 saturated heterocycles. The smallest absolute Gasteiger partial charge is 0.411 e. The number of imide groups is 1. The van der Waals surface area contributed by atoms with Crippen LogP contribution in [-0.4, -0.2) is 46.1 Å². The molecular formula is C19H17Cl2N7O5. The Morgan fingerprint density at radius 1 is 1.30 bits per heavy atom. The van der Waals surface area contributed by atoms with Crippen LogP contribution in [0.5, 0.6) is 11.6 Å². The number of amides is 2. The van der Waals surface area contributed by atoms with Crippen molar-refractivity contribution in [3.05, 3.63) is 38.6 Å². The van der Waals surface area contributed by atoms with Gasteiger partial charge in [0.05, 0.1) is 15.7 Å². The lowest BCUT2D eigenvalue weighted by Crippen LogP contribution is -2.54. The third-order valence-corrected chi connectivity index (χ3v) is 4.94. The SMILES string of the molecule is CC1(C)CN(c2cc(Oc3c(Cl)cc(N/N=C(/C#N)C(=O)NC(=O)O)cc3Cl)n[nH]c2=O)C1. The molecule has 2 heterocycles. The molecule has 0 saturated carbocycles. The summed E-state index contributed by atoms with van der Waals surface area (Å²) in [6.07, 6.45) is -1.63. The second-order valence-corrected chi connectivity index (χ2v) is 8.57. The number of ether oxygens (including phenoxy) is 1. The Hall–Kier alpha value is -3.82. The molecule has 4 N–H and O–H groups in total. The highest BCUT2D eigenvalue weighted by atomic mass is 35.5. The van der Waals surface area contributed by atoms with E-state index >= 15 is 0 Å². The van der Waals surface area contributed by atoms with Crippen LogP contribution in [0.2, 0.25) is 10.0 Å². The summed E-state index contributed by atoms with van der Waals surface area (Å²) in [4.78, 5) is 36.1. The molecule has 0 radical (unpaired) electrons. The van der Waals surface area contributed by atoms with Crippen LogP contribution in [0.4, 0.5) is 16.2 Å². The fourth-order valence-corrected chi connectivity index (χ4v) is 3.62. The molecule has 2 amide bonds. The maximum atomic E-state index is 12.1. The van der Waals surface area contributed by atoms with Crippen LogP contribution in [0.15, 0.2) is 28.1 Å². The number of anilines is 2. The average molecular weight is 494 g/mol. The van der Waals surface area contributed by atoms with Crippen LogP contribution in [0, 0.1) is 16.7 Å². The minimum atomic E-state index is -1.63. The van der Waals surface area contributed by atoms with E-state index in [1.165, 1.54) is 29.6 Å². The molecule has 1 fully saturated rings. The number of nitriles is 1. The first-order chi connectivity index (χ1) is 15.5. The van der Waals surface area contributed by atoms with Crippen molar-refractivity contribution in [1.82, 2.24) is 15.5 Å². The molecule has 12 nitrogen and oxygen atoms in total. The molecule has 1 aromatic heterocycles. The molecule has 0 aliphatic carbocycles. The largest absolute Gasteiger partial charge is 0.465 e. The minimum Gasteiger partial charge on any atom is -0.465 e. The molecule has 0 atom stereocenters. The summed E-state index contributed by atoms with van der Waals surface area (Å²) in [5.74, 6) is -1.10. The van der Waals surface area contributed by atoms with E-state index in [0.717, 1.165) is 0 Å². The van der Waals surface area contributed by atoms with Gasteiger partial charge in [-0.15, -0.1) is 5.10 Å². The van der Waals surface area contributed by atoms with Crippen molar-refractivity contribution < 1.29 is 19.4 Å². The number of benzene rings is 1. The van der Waals surface area contributed by atoms with E-state index in [2.05, 4.69) is 34.6 Å². The van der Waals surface area contributed by atoms with Crippen LogP contribution in [-0.2, 0) is 4.79 Å². The van der Waals surface area contributed by atoms with Gasteiger partial charge in [0.2, 0.25) is 11.6 Å². The summed E-state index contributed by atoms with van der Waals surface area (Å²) >= 11 is 12.5. The molecule has 33 heavy (non-hydrogen) atoms. The number of carboxylic acid groups (broad SMARTS) is 1. The predicted octanol–water partition coefficient (Wildman–Crippen LogP) is 2.80. The Labute approximate surface area is 196 Å². The van der Waals surface area contributed by atoms with E-state index in [1.54, 1.807) is 0 Å². The zero-order chi connectivity index (χ0) is 24.3. The zero-order valence-corrected chi connectivity index (χ0v) is 18.8. The molecule has 1 aromatic carbocycles. The van der Waals surface area contributed by atoms with Gasteiger partial charge in [0.15, 0.2) is 5.75 Å². The summed E-state index contributed by atoms with van der Waals surface area (Å²) in [7, 11) is 0. The Morgan fingerprint density at radius 2 is 1.94 bits per heavy atom. The number of hydrogen-bond donors (Lipinski definition) is 4. The lowest BCUT2D eigenvalue weighted by Gasteiger charge is -2.46. The van der Waals surface area contributed by atoms with Crippen LogP contribution in [0.3, 0.4) is 0 Å². The van der Waals surface area contributed by atoms with E-state index in [1.807, 2.05) is 4.90 Å². The van der Waals surface area contributed by atoms with Crippen molar-refractivity contribution in [3.63, 3.8) is 0 Å². The van der Waals surface area contributed by atoms with Gasteiger partial charge in [-0.2, -0.15) is 10.4 Å². The summed E-state index contributed by atoms with van der Waals surface area (Å²) < 4.78 is 5.67. The number of hydrazone groups is 1. The van der Waals surface area contributed by atoms with Gasteiger partial charge >= 0.3 is 6.09 Å². The molecule has 172 valence electrons. The second-order valence-electron chi connectivity index (χ2n) is 7.76. The molecule has 0 spiro atoms. The number of hydrogen-bond acceptors (Lipinski definition) is 9. The first-order valence-electron chi connectivity index (χ1n) is 9.29. The third kappa shape index (κ3) is 5.71. The summed E-state index contributed by atoms with van der Waals surface area (Å²) in [6, 6.07) is 5.64. The maximum absolute atomic E-state index is 12.1. The number of aromatic nitrogens is 2. The van der Waals surface area contributed by atoms with Gasteiger partial charge in [-0.1, -0.05) is 37.0 Å². The number of aromatic amines is 1. The molecule has 2 aromatic rings. The normalized spacial score (nSPS) is 14.6. The van der Waals surface area contributed by atoms with Crippen LogP contribution < -0.4 is 25.9 Å². The summed E-state index contributed by atoms with van der Waals surface area (Å²) in [5.41, 5.74) is 2.01. The van der Waals surface area contributed by atoms with Gasteiger partial charge in [0, 0.05) is 19.2 Å². The van der Waals surface area contributed by atoms with Crippen LogP contribution >= 0.6 is 23.2 Å². The highest BCUT2D eigenvalue weighted by Crippen LogP contribution is 2.39. The van der Waals surface area contributed by atoms with Crippen LogP contribution in [0.1, 0.15) is 13.8 Å². The number of rotatable bonds is 6. The van der Waals surface area contributed by atoms with Crippen molar-refractivity contribution in [3.8, 4) is 17.7 Å². The molecule has 0 bridgehead atoms. The first-order valence-corrected chi connectivity index (χ1v) is 10.0. The van der Waals surface area contributed by atoms with E-state index in [0.29, 0.717) is 18.8 Å². The van der Waals surface area contributed by atoms with Crippen molar-refractivity contribution in [2.24, 2.45) is 10.5 Å². The molecule has 0 unspecified atom stereocenters. The van der Waals surface area contributed by atoms with E-state index in [-0.39, 0.29) is 38.3 Å². The molecule has 3 rings (SSSR count). The molecule has 14 heteroatoms. The Balaban J connectivity index is 1.78. The fourth-order valence-electron chi connectivity index (χ4n) is 3.05. The van der Waals surface area contributed by atoms with E-state index in [4.69, 9.17) is 38.3 Å². The van der Waals surface area contributed by atoms with Crippen molar-refractivity contribution in [2.75, 3.05) is 23.4 Å². The molecule has 1 aliphatic heterocycles. The van der Waals surface area contributed by atoms with Crippen molar-refractivity contribution in [1.29, 1.82) is 5.26 Å². The maximum Gasteiger partial charge on any atom is 0.411 e. The third-order valence-electron chi connectivity index (χ3n) is 4.38. The van der Waals surface area contributed by atoms with Gasteiger partial charge in [-0.3, -0.25) is 20.3 Å². The molecular weight excluding hydrogens is 477 g/mol. The van der Waals surface area contributed by atoms with E-state index < -0.39 is 17.7 Å². The first kappa shape index (κ1) is 23.8. The van der Waals surface area contributed by atoms with Gasteiger partial charge < -0.3 is 14.7 Å². The number of nitrogens with one attached hydrogen (secondary N) is 3. The number of carbonyl (C=O) groups is 2. The second kappa shape index (κ2) is 9.35. The number of H-pyrrole nitrogens is 1. The number of halogens is 2. The zero-order valence-electron chi connectivity index (χ0n) is 17.3. The van der Waals surface area contributed by atoms with Crippen molar-refractivity contribution >= 4 is 52.3 Å². The predicted molar refractivity (Wildman–Crippen MR) is 120 cm³/mol. The number of nitrogens with zero attached hydrogens (tertiary/aromatic N) is 4. The Kier molecular flexibility index (Phi) is 6.75. The summed E-state index contributed by atoms with van der Waals surface area (Å²) in [6.45, 7) is 5.59. The lowest BCUT2D eigenvalue weighted by molar-refractivity contribution is -0.114. The highest BCUT2D eigenvalue weighted by Gasteiger charge is 2.35. The van der Waals surface area contributed by atoms with Gasteiger partial charge in [-0.05, 0) is 17.5 Å². The fraction of sp³-hybridized carbons (Fsp3) is 0.263. The highest BCUT2D eigenvalue weighted by molar-refractivity contribution is 6.46. The lowest BCUT2D eigenvalue weighted by atomic mass is 9.84. The standard InChI is InChI=1S/C19H17Cl2N7O5/c1-19(2)7-28(8-19)13-5-14(26-27-17(13)30)33-15-10(20)3-9(4-11(15)21)24-25-12(6-22)16(29)23-18(31)32/h3-5,24H,7-8H2,1-2H3,(H,23,29)(H,27,30)(H,31,32)/b25-12-. The molecule has 1 aliphatic rings.